The van der Waals surface area contributed by atoms with Crippen LogP contribution in [-0.4, -0.2) is 91.4 Å². The number of H-pyrrole nitrogens is 1. The summed E-state index contributed by atoms with van der Waals surface area (Å²) >= 11 is 10.4. The summed E-state index contributed by atoms with van der Waals surface area (Å²) in [4.78, 5) is 38.7. The summed E-state index contributed by atoms with van der Waals surface area (Å²) < 4.78 is 11.5. The van der Waals surface area contributed by atoms with Crippen molar-refractivity contribution in [3.8, 4) is 11.5 Å². The average Bonchev–Trinajstić information content (AvgIpc) is 3.76. The third-order valence-electron chi connectivity index (χ3n) is 12.4. The van der Waals surface area contributed by atoms with Crippen LogP contribution in [0.3, 0.4) is 0 Å². The van der Waals surface area contributed by atoms with Crippen molar-refractivity contribution < 1.29 is 24.2 Å². The van der Waals surface area contributed by atoms with Crippen molar-refractivity contribution in [1.29, 1.82) is 0 Å². The van der Waals surface area contributed by atoms with E-state index in [2.05, 4.69) is 55.2 Å². The van der Waals surface area contributed by atoms with Gasteiger partial charge in [0.25, 0.3) is 5.91 Å². The number of halogens is 1. The number of amides is 2. The molecule has 8 N–H and O–H groups in total. The van der Waals surface area contributed by atoms with Gasteiger partial charge in [-0.3, -0.25) is 9.59 Å². The summed E-state index contributed by atoms with van der Waals surface area (Å²) in [6.45, 7) is 6.95. The number of carbonyl (C=O) groups excluding carboxylic acids is 2. The molecule has 0 aliphatic carbocycles. The zero-order valence-electron chi connectivity index (χ0n) is 34.6. The third kappa shape index (κ3) is 10.2. The van der Waals surface area contributed by atoms with Crippen molar-refractivity contribution >= 4 is 64.1 Å². The molecule has 6 heterocycles. The van der Waals surface area contributed by atoms with Gasteiger partial charge in [0.05, 0.1) is 34.6 Å². The van der Waals surface area contributed by atoms with Crippen LogP contribution in [0.15, 0.2) is 90.1 Å². The van der Waals surface area contributed by atoms with Gasteiger partial charge in [0.1, 0.15) is 17.1 Å². The van der Waals surface area contributed by atoms with Crippen molar-refractivity contribution in [3.63, 3.8) is 0 Å². The number of thiol groups is 1. The van der Waals surface area contributed by atoms with Gasteiger partial charge in [-0.15, -0.1) is 12.6 Å². The van der Waals surface area contributed by atoms with Crippen LogP contribution in [0, 0.1) is 17.3 Å². The number of rotatable bonds is 10. The molecule has 1 spiro atoms. The van der Waals surface area contributed by atoms with E-state index in [-0.39, 0.29) is 11.5 Å². The Kier molecular flexibility index (Phi) is 14.6. The Bertz CT molecular complexity index is 2250. The Labute approximate surface area is 367 Å². The van der Waals surface area contributed by atoms with E-state index in [1.807, 2.05) is 60.8 Å². The quantitative estimate of drug-likeness (QED) is 0.0428. The molecule has 2 amide bonds. The number of ether oxygens (including phenoxy) is 2. The lowest BCUT2D eigenvalue weighted by Crippen LogP contribution is -2.66. The number of nitrogens with zero attached hydrogens (tertiary/aromatic N) is 3. The molecule has 1 atom stereocenters. The number of benzene rings is 3. The molecule has 4 fully saturated rings. The standard InChI is InChI=1S/C33H35ClN6O3.C12H18N2OS.CH4O/c34-24-3-1-22(2-4-24)29-33(10-13-36-14-11-33)32(42)40(29)20-21-8-15-39(16-9-21)25-5-6-27(30(35)41)28(18-25)43-26-17-23-7-12-37-31(23)38-19-26;13-11-7-10(16)1-2-12(11)14-8-9-3-5-15-6-4-9;1-2/h1-7,12,17-19,21,29,36H,8-11,13-16,20H2,(H2,35,41)(H,37,38);1-2,7,9,14,16H,3-6,8,13H2;2H,1H3. The fraction of sp³-hybridized carbons (Fsp3) is 0.413. The second kappa shape index (κ2) is 20.3. The number of aromatic amines is 1. The molecule has 3 aromatic carbocycles. The second-order valence-electron chi connectivity index (χ2n) is 16.2. The molecule has 61 heavy (non-hydrogen) atoms. The molecule has 13 nitrogen and oxygen atoms in total. The molecule has 4 saturated heterocycles. The highest BCUT2D eigenvalue weighted by atomic mass is 35.5. The summed E-state index contributed by atoms with van der Waals surface area (Å²) in [6, 6.07) is 23.3. The molecule has 0 radical (unpaired) electrons. The molecule has 0 saturated carbocycles. The molecule has 2 aromatic heterocycles. The summed E-state index contributed by atoms with van der Waals surface area (Å²) in [5.74, 6) is 1.81. The molecule has 324 valence electrons. The minimum absolute atomic E-state index is 0.0958. The zero-order chi connectivity index (χ0) is 42.9. The van der Waals surface area contributed by atoms with Crippen LogP contribution in [0.5, 0.6) is 11.5 Å². The molecule has 1 unspecified atom stereocenters. The number of piperidine rings is 2. The highest BCUT2D eigenvalue weighted by Crippen LogP contribution is 2.55. The minimum atomic E-state index is -0.545. The van der Waals surface area contributed by atoms with Crippen LogP contribution in [0.25, 0.3) is 11.0 Å². The number of fused-ring (bicyclic) bond motifs is 1. The van der Waals surface area contributed by atoms with Crippen molar-refractivity contribution in [2.75, 3.05) is 75.5 Å². The predicted molar refractivity (Wildman–Crippen MR) is 245 cm³/mol. The third-order valence-corrected chi connectivity index (χ3v) is 13.0. The van der Waals surface area contributed by atoms with E-state index in [1.54, 1.807) is 12.3 Å². The molecule has 15 heteroatoms. The summed E-state index contributed by atoms with van der Waals surface area (Å²) in [5, 5.41) is 15.4. The van der Waals surface area contributed by atoms with Crippen LogP contribution < -0.4 is 31.7 Å². The van der Waals surface area contributed by atoms with Gasteiger partial charge in [0, 0.05) is 79.8 Å². The van der Waals surface area contributed by atoms with E-state index in [0.717, 1.165) is 131 Å². The number of hydrogen-bond acceptors (Lipinski definition) is 11. The van der Waals surface area contributed by atoms with E-state index in [0.29, 0.717) is 39.8 Å². The zero-order valence-corrected chi connectivity index (χ0v) is 36.3. The number of aromatic nitrogens is 2. The van der Waals surface area contributed by atoms with E-state index in [4.69, 9.17) is 37.6 Å². The van der Waals surface area contributed by atoms with Gasteiger partial charge in [0.15, 0.2) is 0 Å². The number of hydrogen-bond donors (Lipinski definition) is 7. The molecular weight excluding hydrogens is 812 g/mol. The fourth-order valence-electron chi connectivity index (χ4n) is 9.11. The maximum atomic E-state index is 13.7. The average molecular weight is 870 g/mol. The van der Waals surface area contributed by atoms with Crippen LogP contribution in [0.2, 0.25) is 5.02 Å². The number of nitrogen functional groups attached to an aromatic ring is 1. The topological polar surface area (TPSA) is 184 Å². The number of primary amides is 1. The molecule has 5 aromatic rings. The van der Waals surface area contributed by atoms with Gasteiger partial charge in [-0.1, -0.05) is 23.7 Å². The van der Waals surface area contributed by atoms with Crippen LogP contribution >= 0.6 is 24.2 Å². The summed E-state index contributed by atoms with van der Waals surface area (Å²) in [7, 11) is 1.00. The number of nitrogens with one attached hydrogen (secondary N) is 3. The lowest BCUT2D eigenvalue weighted by molar-refractivity contribution is -0.179. The fourth-order valence-corrected chi connectivity index (χ4v) is 9.45. The van der Waals surface area contributed by atoms with Gasteiger partial charge in [-0.25, -0.2) is 4.98 Å². The molecule has 4 aliphatic rings. The number of aliphatic hydroxyl groups is 1. The Morgan fingerprint density at radius 2 is 1.74 bits per heavy atom. The number of nitrogens with two attached hydrogens (primary N) is 2. The van der Waals surface area contributed by atoms with Gasteiger partial charge < -0.3 is 51.5 Å². The maximum absolute atomic E-state index is 13.7. The monoisotopic (exact) mass is 868 g/mol. The van der Waals surface area contributed by atoms with Gasteiger partial charge in [-0.05, 0) is 124 Å². The normalized spacial score (nSPS) is 19.0. The van der Waals surface area contributed by atoms with Crippen molar-refractivity contribution in [1.82, 2.24) is 20.2 Å². The lowest BCUT2D eigenvalue weighted by Gasteiger charge is -2.59. The van der Waals surface area contributed by atoms with Crippen molar-refractivity contribution in [2.24, 2.45) is 23.0 Å². The Morgan fingerprint density at radius 3 is 2.44 bits per heavy atom. The summed E-state index contributed by atoms with van der Waals surface area (Å²) in [5.41, 5.74) is 16.3. The molecule has 4 aliphatic heterocycles. The number of aliphatic hydroxyl groups excluding tert-OH is 1. The maximum Gasteiger partial charge on any atom is 0.252 e. The first-order valence-electron chi connectivity index (χ1n) is 21.1. The Hall–Kier alpha value is -4.99. The minimum Gasteiger partial charge on any atom is -0.455 e. The first-order chi connectivity index (χ1) is 29.7. The van der Waals surface area contributed by atoms with E-state index < -0.39 is 5.91 Å². The van der Waals surface area contributed by atoms with Crippen LogP contribution in [0.4, 0.5) is 17.1 Å². The second-order valence-corrected chi connectivity index (χ2v) is 17.1. The molecule has 0 bridgehead atoms. The smallest absolute Gasteiger partial charge is 0.252 e. The lowest BCUT2D eigenvalue weighted by atomic mass is 9.62. The van der Waals surface area contributed by atoms with Gasteiger partial charge in [0.2, 0.25) is 5.91 Å². The largest absolute Gasteiger partial charge is 0.455 e. The number of anilines is 3. The predicted octanol–water partition coefficient (Wildman–Crippen LogP) is 7.28. The van der Waals surface area contributed by atoms with Gasteiger partial charge in [-0.2, -0.15) is 0 Å². The number of likely N-dealkylation sites (tertiary alicyclic amines) is 1. The van der Waals surface area contributed by atoms with E-state index >= 15 is 0 Å². The van der Waals surface area contributed by atoms with E-state index in [9.17, 15) is 9.59 Å². The first-order valence-corrected chi connectivity index (χ1v) is 21.9. The highest BCUT2D eigenvalue weighted by Gasteiger charge is 2.60. The SMILES string of the molecule is CO.NC(=O)c1ccc(N2CCC(CN3C(=O)C4(CCNCC4)C3c3ccc(Cl)cc3)CC2)cc1Oc1cnc2[nH]ccc2c1.Nc1cc(S)ccc1NCC1CCOCC1. The highest BCUT2D eigenvalue weighted by molar-refractivity contribution is 7.80. The Morgan fingerprint density at radius 1 is 1.00 bits per heavy atom. The summed E-state index contributed by atoms with van der Waals surface area (Å²) in [6.07, 6.45) is 9.39. The Balaban J connectivity index is 0.000000261. The number of pyridine rings is 1. The molecular formula is C46H57ClN8O5S. The van der Waals surface area contributed by atoms with Crippen LogP contribution in [0.1, 0.15) is 60.5 Å². The molecule has 9 rings (SSSR count). The number of carbonyl (C=O) groups is 2. The first kappa shape index (κ1) is 44.1. The number of β-lactam (4-membered cyclic amide) rings is 1. The van der Waals surface area contributed by atoms with Crippen LogP contribution in [-0.2, 0) is 9.53 Å². The van der Waals surface area contributed by atoms with Crippen molar-refractivity contribution in [2.45, 2.75) is 49.5 Å². The van der Waals surface area contributed by atoms with Crippen molar-refractivity contribution in [3.05, 3.63) is 101 Å². The van der Waals surface area contributed by atoms with E-state index in [1.165, 1.54) is 5.56 Å². The van der Waals surface area contributed by atoms with Gasteiger partial charge >= 0.3 is 0 Å².